The van der Waals surface area contributed by atoms with Crippen LogP contribution in [0.3, 0.4) is 0 Å². The lowest BCUT2D eigenvalue weighted by Crippen LogP contribution is -2.31. The van der Waals surface area contributed by atoms with Crippen LogP contribution < -0.4 is 0 Å². The number of likely N-dealkylation sites (tertiary alicyclic amines) is 1. The van der Waals surface area contributed by atoms with Crippen LogP contribution in [-0.2, 0) is 9.59 Å². The van der Waals surface area contributed by atoms with Crippen LogP contribution >= 0.6 is 0 Å². The van der Waals surface area contributed by atoms with Crippen LogP contribution in [-0.4, -0.2) is 30.2 Å². The molecule has 0 radical (unpaired) electrons. The summed E-state index contributed by atoms with van der Waals surface area (Å²) in [6, 6.07) is 0. The van der Waals surface area contributed by atoms with E-state index in [0.717, 1.165) is 32.1 Å². The lowest BCUT2D eigenvalue weighted by Gasteiger charge is -2.19. The molecule has 0 aliphatic carbocycles. The van der Waals surface area contributed by atoms with Crippen LogP contribution in [0.25, 0.3) is 0 Å². The molecule has 0 saturated carbocycles. The summed E-state index contributed by atoms with van der Waals surface area (Å²) in [7, 11) is 0. The van der Waals surface area contributed by atoms with Gasteiger partial charge in [0.15, 0.2) is 0 Å². The summed E-state index contributed by atoms with van der Waals surface area (Å²) in [6.45, 7) is 3.63. The molecule has 0 aromatic rings. The Labute approximate surface area is 85.5 Å². The van der Waals surface area contributed by atoms with Crippen molar-refractivity contribution in [3.05, 3.63) is 0 Å². The predicted octanol–water partition coefficient (Wildman–Crippen LogP) is 1.61. The molecular weight excluding hydrogens is 178 g/mol. The zero-order valence-electron chi connectivity index (χ0n) is 8.87. The molecule has 1 heterocycles. The van der Waals surface area contributed by atoms with Crippen LogP contribution in [0.1, 0.15) is 39.0 Å². The molecule has 1 unspecified atom stereocenters. The summed E-state index contributed by atoms with van der Waals surface area (Å²) in [5.74, 6) is 0.919. The summed E-state index contributed by atoms with van der Waals surface area (Å²) in [5.41, 5.74) is 0. The summed E-state index contributed by atoms with van der Waals surface area (Å²) < 4.78 is 0. The third-order valence-electron chi connectivity index (χ3n) is 3.02. The molecule has 1 atom stereocenters. The number of amides is 1. The van der Waals surface area contributed by atoms with E-state index in [1.54, 1.807) is 0 Å². The van der Waals surface area contributed by atoms with Crippen LogP contribution in [0.2, 0.25) is 0 Å². The van der Waals surface area contributed by atoms with E-state index in [2.05, 4.69) is 6.92 Å². The molecular formula is C11H19NO2. The first-order chi connectivity index (χ1) is 6.77. The van der Waals surface area contributed by atoms with Gasteiger partial charge >= 0.3 is 0 Å². The molecule has 80 valence electrons. The molecule has 0 bridgehead atoms. The summed E-state index contributed by atoms with van der Waals surface area (Å²) in [5, 5.41) is 0. The van der Waals surface area contributed by atoms with E-state index in [-0.39, 0.29) is 5.91 Å². The quantitative estimate of drug-likeness (QED) is 0.642. The van der Waals surface area contributed by atoms with Crippen molar-refractivity contribution >= 4 is 12.2 Å². The predicted molar refractivity (Wildman–Crippen MR) is 54.9 cm³/mol. The van der Waals surface area contributed by atoms with Gasteiger partial charge in [0.25, 0.3) is 0 Å². The van der Waals surface area contributed by atoms with Gasteiger partial charge in [0.05, 0.1) is 0 Å². The highest BCUT2D eigenvalue weighted by atomic mass is 16.2. The van der Waals surface area contributed by atoms with E-state index in [9.17, 15) is 9.59 Å². The highest BCUT2D eigenvalue weighted by Crippen LogP contribution is 2.20. The Morgan fingerprint density at radius 3 is 2.93 bits per heavy atom. The van der Waals surface area contributed by atoms with Gasteiger partial charge in [-0.1, -0.05) is 13.3 Å². The summed E-state index contributed by atoms with van der Waals surface area (Å²) >= 11 is 0. The van der Waals surface area contributed by atoms with Gasteiger partial charge < -0.3 is 9.69 Å². The monoisotopic (exact) mass is 197 g/mol. The minimum absolute atomic E-state index is 0.225. The molecule has 0 spiro atoms. The molecule has 1 aliphatic heterocycles. The van der Waals surface area contributed by atoms with E-state index < -0.39 is 0 Å². The Balaban J connectivity index is 2.42. The van der Waals surface area contributed by atoms with Crippen molar-refractivity contribution in [3.63, 3.8) is 0 Å². The number of nitrogens with zero attached hydrogens (tertiary/aromatic N) is 1. The van der Waals surface area contributed by atoms with Crippen molar-refractivity contribution in [2.75, 3.05) is 13.1 Å². The van der Waals surface area contributed by atoms with Crippen molar-refractivity contribution in [2.45, 2.75) is 39.0 Å². The lowest BCUT2D eigenvalue weighted by molar-refractivity contribution is -0.130. The highest BCUT2D eigenvalue weighted by Gasteiger charge is 2.20. The van der Waals surface area contributed by atoms with E-state index >= 15 is 0 Å². The van der Waals surface area contributed by atoms with Gasteiger partial charge in [0.2, 0.25) is 5.91 Å². The normalized spacial score (nSPS) is 23.4. The van der Waals surface area contributed by atoms with Gasteiger partial charge in [-0.05, 0) is 18.8 Å². The number of carbonyl (C=O) groups is 2. The van der Waals surface area contributed by atoms with Crippen molar-refractivity contribution in [1.82, 2.24) is 4.90 Å². The second-order valence-electron chi connectivity index (χ2n) is 3.94. The Bertz CT molecular complexity index is 203. The Hall–Kier alpha value is -0.860. The molecule has 0 N–H and O–H groups in total. The molecule has 1 aliphatic rings. The zero-order valence-corrected chi connectivity index (χ0v) is 8.87. The minimum Gasteiger partial charge on any atom is -0.342 e. The van der Waals surface area contributed by atoms with Crippen LogP contribution in [0.5, 0.6) is 0 Å². The standard InChI is InChI=1S/C11H19NO2/c1-2-10-4-5-11(14)12(8-6-10)7-3-9-13/h9-10H,2-8H2,1H3. The maximum absolute atomic E-state index is 11.6. The SMILES string of the molecule is CCC1CCC(=O)N(CCC=O)CC1. The fourth-order valence-corrected chi connectivity index (χ4v) is 1.95. The van der Waals surface area contributed by atoms with Gasteiger partial charge in [-0.25, -0.2) is 0 Å². The summed E-state index contributed by atoms with van der Waals surface area (Å²) in [6.07, 6.45) is 5.30. The summed E-state index contributed by atoms with van der Waals surface area (Å²) in [4.78, 5) is 23.7. The van der Waals surface area contributed by atoms with E-state index in [1.807, 2.05) is 4.90 Å². The van der Waals surface area contributed by atoms with Gasteiger partial charge in [-0.15, -0.1) is 0 Å². The van der Waals surface area contributed by atoms with Crippen LogP contribution in [0.15, 0.2) is 0 Å². The molecule has 1 amide bonds. The fourth-order valence-electron chi connectivity index (χ4n) is 1.95. The van der Waals surface area contributed by atoms with Crippen molar-refractivity contribution in [2.24, 2.45) is 5.92 Å². The molecule has 0 aromatic carbocycles. The second kappa shape index (κ2) is 5.78. The van der Waals surface area contributed by atoms with Gasteiger partial charge in [-0.2, -0.15) is 0 Å². The maximum Gasteiger partial charge on any atom is 0.222 e. The number of rotatable bonds is 4. The number of hydrogen-bond acceptors (Lipinski definition) is 2. The highest BCUT2D eigenvalue weighted by molar-refractivity contribution is 5.76. The molecule has 1 fully saturated rings. The van der Waals surface area contributed by atoms with Crippen molar-refractivity contribution in [1.29, 1.82) is 0 Å². The van der Waals surface area contributed by atoms with E-state index in [4.69, 9.17) is 0 Å². The Morgan fingerprint density at radius 2 is 2.29 bits per heavy atom. The number of carbonyl (C=O) groups excluding carboxylic acids is 2. The van der Waals surface area contributed by atoms with Crippen LogP contribution in [0.4, 0.5) is 0 Å². The Kier molecular flexibility index (Phi) is 4.63. The topological polar surface area (TPSA) is 37.4 Å². The fraction of sp³-hybridized carbons (Fsp3) is 0.818. The second-order valence-corrected chi connectivity index (χ2v) is 3.94. The first kappa shape index (κ1) is 11.2. The first-order valence-electron chi connectivity index (χ1n) is 5.49. The third-order valence-corrected chi connectivity index (χ3v) is 3.02. The molecule has 3 heteroatoms. The van der Waals surface area contributed by atoms with Gasteiger partial charge in [-0.3, -0.25) is 4.79 Å². The van der Waals surface area contributed by atoms with Gasteiger partial charge in [0, 0.05) is 25.9 Å². The van der Waals surface area contributed by atoms with E-state index in [0.29, 0.717) is 25.3 Å². The van der Waals surface area contributed by atoms with Gasteiger partial charge in [0.1, 0.15) is 6.29 Å². The first-order valence-corrected chi connectivity index (χ1v) is 5.49. The smallest absolute Gasteiger partial charge is 0.222 e. The third kappa shape index (κ3) is 3.13. The molecule has 1 rings (SSSR count). The Morgan fingerprint density at radius 1 is 1.50 bits per heavy atom. The van der Waals surface area contributed by atoms with Crippen LogP contribution in [0, 0.1) is 5.92 Å². The average molecular weight is 197 g/mol. The molecule has 1 saturated heterocycles. The maximum atomic E-state index is 11.6. The van der Waals surface area contributed by atoms with Crippen molar-refractivity contribution < 1.29 is 9.59 Å². The molecule has 14 heavy (non-hydrogen) atoms. The largest absolute Gasteiger partial charge is 0.342 e. The lowest BCUT2D eigenvalue weighted by atomic mass is 9.98. The average Bonchev–Trinajstić information content (AvgIpc) is 2.38. The van der Waals surface area contributed by atoms with Crippen molar-refractivity contribution in [3.8, 4) is 0 Å². The number of hydrogen-bond donors (Lipinski definition) is 0. The minimum atomic E-state index is 0.225. The van der Waals surface area contributed by atoms with E-state index in [1.165, 1.54) is 0 Å². The number of aldehydes is 1. The molecule has 0 aromatic heterocycles. The molecule has 3 nitrogen and oxygen atoms in total. The zero-order chi connectivity index (χ0) is 10.4.